The van der Waals surface area contributed by atoms with Gasteiger partial charge in [-0.3, -0.25) is 0 Å². The van der Waals surface area contributed by atoms with Gasteiger partial charge in [-0.2, -0.15) is 0 Å². The fourth-order valence-electron chi connectivity index (χ4n) is 1.74. The lowest BCUT2D eigenvalue weighted by Gasteiger charge is -2.27. The lowest BCUT2D eigenvalue weighted by atomic mass is 9.93. The molecule has 0 saturated heterocycles. The van der Waals surface area contributed by atoms with Crippen LogP contribution >= 0.6 is 11.6 Å². The molecule has 0 bridgehead atoms. The van der Waals surface area contributed by atoms with Gasteiger partial charge in [-0.05, 0) is 6.07 Å². The molecule has 20 heavy (non-hydrogen) atoms. The van der Waals surface area contributed by atoms with Crippen molar-refractivity contribution in [3.05, 3.63) is 22.8 Å². The molecule has 0 aliphatic carbocycles. The highest BCUT2D eigenvalue weighted by Gasteiger charge is 2.24. The molecule has 1 aromatic rings. The van der Waals surface area contributed by atoms with Gasteiger partial charge in [-0.1, -0.05) is 18.5 Å². The quantitative estimate of drug-likeness (QED) is 0.683. The number of rotatable bonds is 8. The van der Waals surface area contributed by atoms with Gasteiger partial charge in [0.2, 0.25) is 0 Å². The van der Waals surface area contributed by atoms with Gasteiger partial charge in [-0.15, -0.1) is 0 Å². The van der Waals surface area contributed by atoms with Crippen molar-refractivity contribution in [2.24, 2.45) is 5.41 Å². The first-order valence-electron chi connectivity index (χ1n) is 6.19. The maximum Gasteiger partial charge on any atom is 0.131 e. The number of hydrogen-bond donors (Lipinski definition) is 3. The molecule has 2 atom stereocenters. The summed E-state index contributed by atoms with van der Waals surface area (Å²) in [6.45, 7) is 1.54. The summed E-state index contributed by atoms with van der Waals surface area (Å²) in [5.74, 6) is 0.343. The van der Waals surface area contributed by atoms with Gasteiger partial charge in [0.25, 0.3) is 0 Å². The van der Waals surface area contributed by atoms with Crippen molar-refractivity contribution in [1.82, 2.24) is 4.98 Å². The summed E-state index contributed by atoms with van der Waals surface area (Å²) >= 11 is 5.80. The van der Waals surface area contributed by atoms with Crippen molar-refractivity contribution in [1.29, 1.82) is 0 Å². The second-order valence-electron chi connectivity index (χ2n) is 5.02. The molecule has 0 spiro atoms. The standard InChI is InChI=1S/C13H20ClFN2O3/c1-13(7-18,8-20-2)6-17-12-10(11(19)4-15)3-9(14)5-16-12/h3,5,11,18-19H,4,6-8H2,1-2H3,(H,16,17)/t11-,13?/m0/s1. The van der Waals surface area contributed by atoms with Crippen LogP contribution in [0.3, 0.4) is 0 Å². The Hall–Kier alpha value is -0.950. The van der Waals surface area contributed by atoms with Crippen molar-refractivity contribution in [2.45, 2.75) is 13.0 Å². The number of aliphatic hydroxyl groups excluding tert-OH is 2. The molecule has 0 aliphatic heterocycles. The molecule has 0 aromatic carbocycles. The largest absolute Gasteiger partial charge is 0.396 e. The van der Waals surface area contributed by atoms with Crippen LogP contribution in [0.1, 0.15) is 18.6 Å². The van der Waals surface area contributed by atoms with Crippen molar-refractivity contribution >= 4 is 17.4 Å². The molecule has 0 fully saturated rings. The highest BCUT2D eigenvalue weighted by Crippen LogP contribution is 2.26. The Labute approximate surface area is 122 Å². The second-order valence-corrected chi connectivity index (χ2v) is 5.45. The van der Waals surface area contributed by atoms with Crippen LogP contribution in [-0.4, -0.2) is 48.7 Å². The van der Waals surface area contributed by atoms with Crippen LogP contribution in [0.4, 0.5) is 10.2 Å². The number of methoxy groups -OCH3 is 1. The fraction of sp³-hybridized carbons (Fsp3) is 0.615. The van der Waals surface area contributed by atoms with E-state index >= 15 is 0 Å². The predicted octanol–water partition coefficient (Wildman–Crippen LogP) is 1.79. The molecule has 1 heterocycles. The highest BCUT2D eigenvalue weighted by molar-refractivity contribution is 6.30. The van der Waals surface area contributed by atoms with Gasteiger partial charge in [0, 0.05) is 30.8 Å². The molecule has 0 radical (unpaired) electrons. The van der Waals surface area contributed by atoms with Crippen LogP contribution < -0.4 is 5.32 Å². The zero-order valence-electron chi connectivity index (χ0n) is 11.6. The minimum Gasteiger partial charge on any atom is -0.396 e. The summed E-state index contributed by atoms with van der Waals surface area (Å²) in [5.41, 5.74) is -0.216. The van der Waals surface area contributed by atoms with E-state index in [1.54, 1.807) is 7.11 Å². The maximum absolute atomic E-state index is 12.6. The number of alkyl halides is 1. The SMILES string of the molecule is COCC(C)(CO)CNc1ncc(Cl)cc1[C@@H](O)CF. The lowest BCUT2D eigenvalue weighted by Crippen LogP contribution is -2.35. The van der Waals surface area contributed by atoms with Gasteiger partial charge in [0.1, 0.15) is 18.6 Å². The molecule has 5 nitrogen and oxygen atoms in total. The molecular weight excluding hydrogens is 287 g/mol. The number of aromatic nitrogens is 1. The van der Waals surface area contributed by atoms with Crippen LogP contribution in [0.25, 0.3) is 0 Å². The molecule has 1 unspecified atom stereocenters. The minimum absolute atomic E-state index is 0.0809. The second kappa shape index (κ2) is 7.73. The fourth-order valence-corrected chi connectivity index (χ4v) is 1.90. The van der Waals surface area contributed by atoms with E-state index in [0.29, 0.717) is 24.0 Å². The van der Waals surface area contributed by atoms with E-state index in [-0.39, 0.29) is 12.2 Å². The molecule has 1 rings (SSSR count). The lowest BCUT2D eigenvalue weighted by molar-refractivity contribution is 0.0514. The monoisotopic (exact) mass is 306 g/mol. The first-order valence-corrected chi connectivity index (χ1v) is 6.56. The molecule has 0 amide bonds. The van der Waals surface area contributed by atoms with E-state index in [2.05, 4.69) is 10.3 Å². The van der Waals surface area contributed by atoms with Crippen molar-refractivity contribution in [3.8, 4) is 0 Å². The third kappa shape index (κ3) is 4.56. The van der Waals surface area contributed by atoms with Crippen molar-refractivity contribution < 1.29 is 19.3 Å². The van der Waals surface area contributed by atoms with Crippen molar-refractivity contribution in [3.63, 3.8) is 0 Å². The Balaban J connectivity index is 2.86. The molecular formula is C13H20ClFN2O3. The van der Waals surface area contributed by atoms with Crippen molar-refractivity contribution in [2.75, 3.05) is 38.9 Å². The number of aliphatic hydroxyl groups is 2. The van der Waals surface area contributed by atoms with Gasteiger partial charge in [-0.25, -0.2) is 9.37 Å². The summed E-state index contributed by atoms with van der Waals surface area (Å²) < 4.78 is 17.7. The average molecular weight is 307 g/mol. The van der Waals surface area contributed by atoms with E-state index in [1.807, 2.05) is 6.92 Å². The first kappa shape index (κ1) is 17.1. The third-order valence-corrected chi connectivity index (χ3v) is 3.15. The Morgan fingerprint density at radius 1 is 1.60 bits per heavy atom. The summed E-state index contributed by atoms with van der Waals surface area (Å²) in [6.07, 6.45) is 0.122. The zero-order valence-corrected chi connectivity index (χ0v) is 12.3. The van der Waals surface area contributed by atoms with Gasteiger partial charge < -0.3 is 20.3 Å². The molecule has 0 aliphatic rings. The van der Waals surface area contributed by atoms with Crippen LogP contribution in [0.2, 0.25) is 5.02 Å². The van der Waals surface area contributed by atoms with E-state index in [4.69, 9.17) is 16.3 Å². The van der Waals surface area contributed by atoms with Gasteiger partial charge in [0.05, 0.1) is 18.2 Å². The summed E-state index contributed by atoms with van der Waals surface area (Å²) in [7, 11) is 1.55. The number of anilines is 1. The van der Waals surface area contributed by atoms with Gasteiger partial charge >= 0.3 is 0 Å². The smallest absolute Gasteiger partial charge is 0.131 e. The minimum atomic E-state index is -1.29. The topological polar surface area (TPSA) is 74.6 Å². The molecule has 114 valence electrons. The first-order chi connectivity index (χ1) is 9.45. The number of ether oxygens (including phenoxy) is 1. The maximum atomic E-state index is 12.6. The van der Waals surface area contributed by atoms with Crippen LogP contribution in [0.5, 0.6) is 0 Å². The predicted molar refractivity (Wildman–Crippen MR) is 75.7 cm³/mol. The Morgan fingerprint density at radius 2 is 2.30 bits per heavy atom. The normalized spacial score (nSPS) is 15.7. The Morgan fingerprint density at radius 3 is 2.85 bits per heavy atom. The van der Waals surface area contributed by atoms with Crippen LogP contribution in [-0.2, 0) is 4.74 Å². The molecule has 1 aromatic heterocycles. The summed E-state index contributed by atoms with van der Waals surface area (Å²) in [4.78, 5) is 4.05. The zero-order chi connectivity index (χ0) is 15.2. The molecule has 7 heteroatoms. The number of nitrogens with one attached hydrogen (secondary N) is 1. The Bertz CT molecular complexity index is 436. The average Bonchev–Trinajstić information content (AvgIpc) is 2.45. The Kier molecular flexibility index (Phi) is 6.61. The molecule has 0 saturated carbocycles. The number of halogens is 2. The van der Waals surface area contributed by atoms with Crippen LogP contribution in [0.15, 0.2) is 12.3 Å². The van der Waals surface area contributed by atoms with E-state index in [9.17, 15) is 14.6 Å². The van der Waals surface area contributed by atoms with Gasteiger partial charge in [0.15, 0.2) is 0 Å². The molecule has 3 N–H and O–H groups in total. The third-order valence-electron chi connectivity index (χ3n) is 2.95. The van der Waals surface area contributed by atoms with Crippen LogP contribution in [0, 0.1) is 5.41 Å². The summed E-state index contributed by atoms with van der Waals surface area (Å²) in [6, 6.07) is 1.47. The highest BCUT2D eigenvalue weighted by atomic mass is 35.5. The number of hydrogen-bond acceptors (Lipinski definition) is 5. The number of nitrogens with zero attached hydrogens (tertiary/aromatic N) is 1. The number of pyridine rings is 1. The van der Waals surface area contributed by atoms with E-state index in [0.717, 1.165) is 0 Å². The van der Waals surface area contributed by atoms with E-state index in [1.165, 1.54) is 12.3 Å². The summed E-state index contributed by atoms with van der Waals surface area (Å²) in [5, 5.41) is 22.3. The van der Waals surface area contributed by atoms with E-state index < -0.39 is 18.2 Å².